The van der Waals surface area contributed by atoms with Gasteiger partial charge in [-0.05, 0) is 57.5 Å². The maximum Gasteiger partial charge on any atom is 0.159 e. The van der Waals surface area contributed by atoms with Gasteiger partial charge < -0.3 is 10.3 Å². The molecule has 0 aliphatic heterocycles. The lowest BCUT2D eigenvalue weighted by atomic mass is 10.1. The maximum atomic E-state index is 16.2. The third-order valence-corrected chi connectivity index (χ3v) is 7.42. The van der Waals surface area contributed by atoms with Crippen molar-refractivity contribution in [2.24, 2.45) is 0 Å². The van der Waals surface area contributed by atoms with E-state index in [0.29, 0.717) is 27.6 Å². The second-order valence-electron chi connectivity index (χ2n) is 9.43. The molecule has 6 nitrogen and oxygen atoms in total. The number of H-pyrrole nitrogens is 2. The molecule has 0 aliphatic rings. The van der Waals surface area contributed by atoms with E-state index in [1.165, 1.54) is 0 Å². The van der Waals surface area contributed by atoms with Crippen molar-refractivity contribution in [1.82, 2.24) is 25.1 Å². The summed E-state index contributed by atoms with van der Waals surface area (Å²) in [4.78, 5) is 14.7. The number of rotatable bonds is 7. The van der Waals surface area contributed by atoms with E-state index in [-0.39, 0.29) is 11.6 Å². The number of aromatic amines is 2. The van der Waals surface area contributed by atoms with Crippen molar-refractivity contribution >= 4 is 51.1 Å². The Hall–Kier alpha value is -4.30. The number of halogens is 1. The number of nitrogens with zero attached hydrogens (tertiary/aromatic N) is 3. The number of aromatic nitrogens is 5. The molecule has 3 N–H and O–H groups in total. The van der Waals surface area contributed by atoms with Crippen molar-refractivity contribution in [3.63, 3.8) is 0 Å². The number of hydrogen-bond acceptors (Lipinski definition) is 5. The summed E-state index contributed by atoms with van der Waals surface area (Å²) in [5.41, 5.74) is 5.65. The van der Waals surface area contributed by atoms with E-state index >= 15 is 4.39 Å². The molecule has 4 heterocycles. The molecule has 5 aromatic rings. The summed E-state index contributed by atoms with van der Waals surface area (Å²) < 4.78 is 16.2. The molecule has 0 unspecified atom stereocenters. The van der Waals surface area contributed by atoms with Crippen LogP contribution in [0.5, 0.6) is 0 Å². The molecular weight excluding hydrogens is 495 g/mol. The predicted molar refractivity (Wildman–Crippen MR) is 158 cm³/mol. The van der Waals surface area contributed by atoms with Gasteiger partial charge in [-0.3, -0.25) is 10.1 Å². The van der Waals surface area contributed by atoms with Gasteiger partial charge in [0.1, 0.15) is 11.5 Å². The maximum absolute atomic E-state index is 16.2. The highest BCUT2D eigenvalue weighted by atomic mass is 32.1. The van der Waals surface area contributed by atoms with Crippen LogP contribution in [0.3, 0.4) is 0 Å². The largest absolute Gasteiger partial charge is 0.382 e. The van der Waals surface area contributed by atoms with Crippen molar-refractivity contribution < 1.29 is 4.39 Å². The minimum absolute atomic E-state index is 0.218. The normalized spacial score (nSPS) is 12.8. The lowest BCUT2D eigenvalue weighted by molar-refractivity contribution is 0.764. The van der Waals surface area contributed by atoms with Gasteiger partial charge in [0, 0.05) is 44.9 Å². The number of para-hydroxylation sites is 1. The van der Waals surface area contributed by atoms with E-state index in [9.17, 15) is 0 Å². The summed E-state index contributed by atoms with van der Waals surface area (Å²) >= 11 is 1.67. The number of thiophene rings is 1. The van der Waals surface area contributed by atoms with Gasteiger partial charge in [0.05, 0.1) is 27.3 Å². The number of nitrogens with one attached hydrogen (secondary N) is 3. The van der Waals surface area contributed by atoms with Gasteiger partial charge in [-0.15, -0.1) is 11.3 Å². The van der Waals surface area contributed by atoms with Gasteiger partial charge in [0.2, 0.25) is 0 Å². The van der Waals surface area contributed by atoms with Crippen molar-refractivity contribution in [3.8, 4) is 22.0 Å². The standard InChI is InChI=1S/C30H29FN6S/c1-7-22-26(27(31)18(6)19-13-20(15-32-14-19)33-17(4)5)29(37-36-22)30-34-23-10-8-9-21(28(23)35-30)25-12-11-24(38-25)16(2)3/h7-15,17,33,36H,2,6H2,1,3-5H3,(H,34,35)/b22-7+,27-26-. The van der Waals surface area contributed by atoms with Crippen molar-refractivity contribution in [2.75, 3.05) is 5.32 Å². The molecule has 0 fully saturated rings. The molecule has 0 bridgehead atoms. The Morgan fingerprint density at radius 2 is 1.97 bits per heavy atom. The van der Waals surface area contributed by atoms with Crippen LogP contribution in [0, 0.1) is 0 Å². The van der Waals surface area contributed by atoms with E-state index in [1.54, 1.807) is 29.8 Å². The Morgan fingerprint density at radius 1 is 1.16 bits per heavy atom. The Balaban J connectivity index is 1.64. The Kier molecular flexibility index (Phi) is 6.82. The molecule has 5 rings (SSSR count). The van der Waals surface area contributed by atoms with Crippen LogP contribution in [0.1, 0.15) is 38.1 Å². The summed E-state index contributed by atoms with van der Waals surface area (Å²) in [6.07, 6.45) is 5.10. The van der Waals surface area contributed by atoms with Gasteiger partial charge in [-0.2, -0.15) is 5.10 Å². The molecule has 0 amide bonds. The number of allylic oxidation sites excluding steroid dienone is 2. The number of benzene rings is 1. The first-order valence-corrected chi connectivity index (χ1v) is 13.2. The van der Waals surface area contributed by atoms with Gasteiger partial charge in [0.15, 0.2) is 5.82 Å². The van der Waals surface area contributed by atoms with Gasteiger partial charge in [-0.1, -0.05) is 31.4 Å². The van der Waals surface area contributed by atoms with Crippen LogP contribution in [0.15, 0.2) is 61.9 Å². The number of imidazole rings is 1. The minimum atomic E-state index is -0.490. The van der Waals surface area contributed by atoms with Crippen LogP contribution in [0.4, 0.5) is 10.1 Å². The first kappa shape index (κ1) is 25.4. The topological polar surface area (TPSA) is 82.3 Å². The lowest BCUT2D eigenvalue weighted by Gasteiger charge is -2.11. The summed E-state index contributed by atoms with van der Waals surface area (Å²) in [6, 6.07) is 12.2. The zero-order valence-electron chi connectivity index (χ0n) is 21.8. The molecular formula is C30H29FN6S. The third-order valence-electron chi connectivity index (χ3n) is 6.14. The molecule has 0 aliphatic carbocycles. The van der Waals surface area contributed by atoms with Crippen LogP contribution >= 0.6 is 11.3 Å². The summed E-state index contributed by atoms with van der Waals surface area (Å²) in [5.74, 6) is -0.0184. The molecule has 0 atom stereocenters. The SMILES string of the molecule is C=C(/C(F)=c1/c(-c2nc3c(-c4ccc(C(=C)C)s4)cccc3[nH]2)n[nH]/c1=C/C)c1cncc(NC(C)C)c1. The smallest absolute Gasteiger partial charge is 0.159 e. The van der Waals surface area contributed by atoms with E-state index in [2.05, 4.69) is 50.8 Å². The van der Waals surface area contributed by atoms with Crippen LogP contribution < -0.4 is 15.9 Å². The van der Waals surface area contributed by atoms with Gasteiger partial charge in [-0.25, -0.2) is 9.37 Å². The minimum Gasteiger partial charge on any atom is -0.382 e. The fourth-order valence-electron chi connectivity index (χ4n) is 4.31. The highest BCUT2D eigenvalue weighted by Gasteiger charge is 2.18. The van der Waals surface area contributed by atoms with Crippen molar-refractivity contribution in [1.29, 1.82) is 0 Å². The molecule has 4 aromatic heterocycles. The van der Waals surface area contributed by atoms with E-state index < -0.39 is 5.83 Å². The van der Waals surface area contributed by atoms with E-state index in [4.69, 9.17) is 4.98 Å². The third kappa shape index (κ3) is 4.70. The first-order valence-electron chi connectivity index (χ1n) is 12.3. The Morgan fingerprint density at radius 3 is 2.68 bits per heavy atom. The number of hydrogen-bond donors (Lipinski definition) is 3. The Bertz CT molecular complexity index is 1800. The second kappa shape index (κ2) is 10.2. The molecule has 0 saturated heterocycles. The average molecular weight is 525 g/mol. The highest BCUT2D eigenvalue weighted by Crippen LogP contribution is 2.35. The number of pyridine rings is 1. The number of anilines is 1. The lowest BCUT2D eigenvalue weighted by Crippen LogP contribution is -2.26. The zero-order valence-corrected chi connectivity index (χ0v) is 22.6. The van der Waals surface area contributed by atoms with Crippen LogP contribution in [-0.2, 0) is 0 Å². The number of fused-ring (bicyclic) bond motifs is 1. The molecule has 0 spiro atoms. The van der Waals surface area contributed by atoms with E-state index in [1.807, 2.05) is 52.0 Å². The van der Waals surface area contributed by atoms with Crippen LogP contribution in [0.25, 0.3) is 56.0 Å². The van der Waals surface area contributed by atoms with Crippen molar-refractivity contribution in [3.05, 3.63) is 83.0 Å². The molecule has 8 heteroatoms. The Labute approximate surface area is 224 Å². The molecule has 0 saturated carbocycles. The average Bonchev–Trinajstić information content (AvgIpc) is 3.65. The van der Waals surface area contributed by atoms with Gasteiger partial charge in [0.25, 0.3) is 0 Å². The molecule has 192 valence electrons. The fourth-order valence-corrected chi connectivity index (χ4v) is 5.27. The predicted octanol–water partition coefficient (Wildman–Crippen LogP) is 6.52. The summed E-state index contributed by atoms with van der Waals surface area (Å²) in [7, 11) is 0. The molecule has 38 heavy (non-hydrogen) atoms. The van der Waals surface area contributed by atoms with Gasteiger partial charge >= 0.3 is 0 Å². The highest BCUT2D eigenvalue weighted by molar-refractivity contribution is 7.16. The molecule has 0 radical (unpaired) electrons. The summed E-state index contributed by atoms with van der Waals surface area (Å²) in [5, 5.41) is 11.5. The second-order valence-corrected chi connectivity index (χ2v) is 10.5. The zero-order chi connectivity index (χ0) is 27.0. The van der Waals surface area contributed by atoms with Crippen molar-refractivity contribution in [2.45, 2.75) is 33.7 Å². The quantitative estimate of drug-likeness (QED) is 0.226. The molecule has 1 aromatic carbocycles. The summed E-state index contributed by atoms with van der Waals surface area (Å²) in [6.45, 7) is 16.0. The monoisotopic (exact) mass is 524 g/mol. The fraction of sp³-hybridized carbons (Fsp3) is 0.167. The van der Waals surface area contributed by atoms with Crippen LogP contribution in [-0.4, -0.2) is 31.2 Å². The van der Waals surface area contributed by atoms with E-state index in [0.717, 1.165) is 37.6 Å². The first-order chi connectivity index (χ1) is 18.3. The van der Waals surface area contributed by atoms with Crippen LogP contribution in [0.2, 0.25) is 0 Å².